The van der Waals surface area contributed by atoms with E-state index in [9.17, 15) is 9.18 Å². The highest BCUT2D eigenvalue weighted by Crippen LogP contribution is 2.03. The van der Waals surface area contributed by atoms with E-state index in [0.29, 0.717) is 25.7 Å². The molecular weight excluding hydrogens is 440 g/mol. The summed E-state index contributed by atoms with van der Waals surface area (Å²) in [6.07, 6.45) is 2.32. The number of nitrogens with zero attached hydrogens (tertiary/aromatic N) is 3. The lowest BCUT2D eigenvalue weighted by molar-refractivity contribution is -0.127. The summed E-state index contributed by atoms with van der Waals surface area (Å²) < 4.78 is 18.9. The van der Waals surface area contributed by atoms with Gasteiger partial charge >= 0.3 is 0 Å². The smallest absolute Gasteiger partial charge is 0.241 e. The van der Waals surface area contributed by atoms with Crippen molar-refractivity contribution in [3.05, 3.63) is 29.8 Å². The number of aliphatic imine (C=N–C) groups is 1. The van der Waals surface area contributed by atoms with Gasteiger partial charge in [-0.3, -0.25) is 9.78 Å². The van der Waals surface area contributed by atoms with E-state index < -0.39 is 5.82 Å². The van der Waals surface area contributed by atoms with Crippen LogP contribution in [0, 0.1) is 5.82 Å². The second-order valence-electron chi connectivity index (χ2n) is 5.22. The van der Waals surface area contributed by atoms with Crippen molar-refractivity contribution in [3.8, 4) is 0 Å². The largest absolute Gasteiger partial charge is 0.382 e. The number of ether oxygens (including phenoxy) is 1. The van der Waals surface area contributed by atoms with Crippen molar-refractivity contribution < 1.29 is 13.9 Å². The highest BCUT2D eigenvalue weighted by molar-refractivity contribution is 14.0. The van der Waals surface area contributed by atoms with Crippen LogP contribution < -0.4 is 10.6 Å². The Hall–Kier alpha value is -1.49. The lowest BCUT2D eigenvalue weighted by atomic mass is 10.3. The van der Waals surface area contributed by atoms with Crippen LogP contribution in [0.3, 0.4) is 0 Å². The molecule has 0 aliphatic heterocycles. The molecule has 25 heavy (non-hydrogen) atoms. The first-order valence-electron chi connectivity index (χ1n) is 7.94. The van der Waals surface area contributed by atoms with Crippen LogP contribution in [-0.2, 0) is 16.1 Å². The van der Waals surface area contributed by atoms with Gasteiger partial charge in [0, 0.05) is 40.1 Å². The Balaban J connectivity index is 0.00000576. The fraction of sp³-hybridized carbons (Fsp3) is 0.562. The van der Waals surface area contributed by atoms with Crippen molar-refractivity contribution in [2.45, 2.75) is 19.9 Å². The number of pyridine rings is 1. The maximum atomic E-state index is 13.6. The van der Waals surface area contributed by atoms with Crippen molar-refractivity contribution in [2.75, 3.05) is 40.4 Å². The highest BCUT2D eigenvalue weighted by Gasteiger charge is 2.07. The molecule has 1 aromatic rings. The first-order chi connectivity index (χ1) is 11.5. The number of guanidine groups is 1. The number of rotatable bonds is 9. The Labute approximate surface area is 165 Å². The zero-order valence-electron chi connectivity index (χ0n) is 14.9. The molecule has 1 heterocycles. The van der Waals surface area contributed by atoms with Gasteiger partial charge in [0.05, 0.1) is 18.8 Å². The molecule has 0 bridgehead atoms. The number of carbonyl (C=O) groups excluding carboxylic acids is 1. The molecule has 0 fully saturated rings. The molecule has 142 valence electrons. The fourth-order valence-electron chi connectivity index (χ4n) is 1.71. The van der Waals surface area contributed by atoms with Gasteiger partial charge in [-0.15, -0.1) is 24.0 Å². The van der Waals surface area contributed by atoms with Gasteiger partial charge in [0.2, 0.25) is 5.91 Å². The average Bonchev–Trinajstić information content (AvgIpc) is 2.57. The van der Waals surface area contributed by atoms with Gasteiger partial charge in [-0.25, -0.2) is 9.38 Å². The molecule has 2 N–H and O–H groups in total. The van der Waals surface area contributed by atoms with Crippen molar-refractivity contribution in [2.24, 2.45) is 4.99 Å². The number of nitrogens with one attached hydrogen (secondary N) is 2. The number of hydrogen-bond donors (Lipinski definition) is 2. The third-order valence-electron chi connectivity index (χ3n) is 3.09. The molecule has 1 rings (SSSR count). The second-order valence-corrected chi connectivity index (χ2v) is 5.22. The molecular formula is C16H27FIN5O2. The molecule has 1 amide bonds. The minimum atomic E-state index is -0.402. The molecule has 0 spiro atoms. The van der Waals surface area contributed by atoms with Crippen LogP contribution in [0.1, 0.15) is 19.0 Å². The Bertz CT molecular complexity index is 543. The molecule has 0 saturated carbocycles. The van der Waals surface area contributed by atoms with Crippen LogP contribution in [0.2, 0.25) is 0 Å². The first kappa shape index (κ1) is 23.5. The van der Waals surface area contributed by atoms with Crippen LogP contribution in [0.25, 0.3) is 0 Å². The fourth-order valence-corrected chi connectivity index (χ4v) is 1.71. The van der Waals surface area contributed by atoms with Gasteiger partial charge in [0.25, 0.3) is 0 Å². The SMILES string of the molecule is CCOCCCNC(=NCc1ncccc1F)NCC(=O)N(C)C.I. The monoisotopic (exact) mass is 467 g/mol. The number of carbonyl (C=O) groups is 1. The van der Waals surface area contributed by atoms with E-state index in [1.165, 1.54) is 23.2 Å². The van der Waals surface area contributed by atoms with Crippen LogP contribution in [0.15, 0.2) is 23.3 Å². The summed E-state index contributed by atoms with van der Waals surface area (Å²) in [7, 11) is 3.36. The maximum Gasteiger partial charge on any atom is 0.241 e. The summed E-state index contributed by atoms with van der Waals surface area (Å²) in [6.45, 7) is 4.08. The van der Waals surface area contributed by atoms with E-state index in [1.54, 1.807) is 14.1 Å². The number of likely N-dealkylation sites (N-methyl/N-ethyl adjacent to an activating group) is 1. The zero-order valence-corrected chi connectivity index (χ0v) is 17.2. The van der Waals surface area contributed by atoms with E-state index in [4.69, 9.17) is 4.74 Å². The summed E-state index contributed by atoms with van der Waals surface area (Å²) >= 11 is 0. The molecule has 0 aromatic carbocycles. The lowest BCUT2D eigenvalue weighted by Gasteiger charge is -2.15. The predicted molar refractivity (Wildman–Crippen MR) is 107 cm³/mol. The minimum Gasteiger partial charge on any atom is -0.382 e. The maximum absolute atomic E-state index is 13.6. The Morgan fingerprint density at radius 3 is 2.80 bits per heavy atom. The summed E-state index contributed by atoms with van der Waals surface area (Å²) in [5.41, 5.74) is 0.256. The molecule has 7 nitrogen and oxygen atoms in total. The molecule has 0 atom stereocenters. The second kappa shape index (κ2) is 13.8. The number of hydrogen-bond acceptors (Lipinski definition) is 4. The molecule has 9 heteroatoms. The summed E-state index contributed by atoms with van der Waals surface area (Å²) in [5.74, 6) is -0.0455. The van der Waals surface area contributed by atoms with E-state index in [1.807, 2.05) is 6.92 Å². The molecule has 1 aromatic heterocycles. The summed E-state index contributed by atoms with van der Waals surface area (Å²) in [5, 5.41) is 6.04. The minimum absolute atomic E-state index is 0. The van der Waals surface area contributed by atoms with Crippen molar-refractivity contribution in [3.63, 3.8) is 0 Å². The molecule has 0 unspecified atom stereocenters. The molecule has 0 saturated heterocycles. The van der Waals surface area contributed by atoms with Crippen LogP contribution in [0.5, 0.6) is 0 Å². The van der Waals surface area contributed by atoms with E-state index >= 15 is 0 Å². The first-order valence-corrected chi connectivity index (χ1v) is 7.94. The van der Waals surface area contributed by atoms with E-state index in [-0.39, 0.29) is 48.7 Å². The molecule has 0 aliphatic rings. The quantitative estimate of drug-likeness (QED) is 0.249. The van der Waals surface area contributed by atoms with Gasteiger partial charge < -0.3 is 20.3 Å². The van der Waals surface area contributed by atoms with E-state index in [0.717, 1.165) is 6.42 Å². The van der Waals surface area contributed by atoms with Crippen molar-refractivity contribution >= 4 is 35.8 Å². The molecule has 0 radical (unpaired) electrons. The highest BCUT2D eigenvalue weighted by atomic mass is 127. The predicted octanol–water partition coefficient (Wildman–Crippen LogP) is 1.39. The summed E-state index contributed by atoms with van der Waals surface area (Å²) in [4.78, 5) is 21.4. The number of halogens is 2. The van der Waals surface area contributed by atoms with Gasteiger partial charge in [0.15, 0.2) is 5.96 Å². The van der Waals surface area contributed by atoms with Crippen LogP contribution in [-0.4, -0.2) is 62.1 Å². The Morgan fingerprint density at radius 2 is 2.16 bits per heavy atom. The van der Waals surface area contributed by atoms with Gasteiger partial charge in [-0.2, -0.15) is 0 Å². The summed E-state index contributed by atoms with van der Waals surface area (Å²) in [6, 6.07) is 2.87. The van der Waals surface area contributed by atoms with Crippen molar-refractivity contribution in [1.29, 1.82) is 0 Å². The normalized spacial score (nSPS) is 10.8. The Kier molecular flexibility index (Phi) is 12.9. The average molecular weight is 467 g/mol. The van der Waals surface area contributed by atoms with Gasteiger partial charge in [-0.1, -0.05) is 0 Å². The van der Waals surface area contributed by atoms with Gasteiger partial charge in [-0.05, 0) is 25.5 Å². The van der Waals surface area contributed by atoms with Crippen LogP contribution in [0.4, 0.5) is 4.39 Å². The van der Waals surface area contributed by atoms with Crippen molar-refractivity contribution in [1.82, 2.24) is 20.5 Å². The topological polar surface area (TPSA) is 78.8 Å². The third kappa shape index (κ3) is 10.2. The lowest BCUT2D eigenvalue weighted by Crippen LogP contribution is -2.43. The number of aromatic nitrogens is 1. The molecule has 0 aliphatic carbocycles. The zero-order chi connectivity index (χ0) is 17.8. The van der Waals surface area contributed by atoms with Gasteiger partial charge in [0.1, 0.15) is 5.82 Å². The number of amides is 1. The standard InChI is InChI=1S/C16H26FN5O2.HI/c1-4-24-10-6-9-19-16(21-12-15(23)22(2)3)20-11-14-13(17)7-5-8-18-14;/h5,7-8H,4,6,9-12H2,1-3H3,(H2,19,20,21);1H. The van der Waals surface area contributed by atoms with E-state index in [2.05, 4.69) is 20.6 Å². The van der Waals surface area contributed by atoms with Crippen LogP contribution >= 0.6 is 24.0 Å². The Morgan fingerprint density at radius 1 is 1.40 bits per heavy atom. The third-order valence-corrected chi connectivity index (χ3v) is 3.09.